The van der Waals surface area contributed by atoms with Crippen molar-refractivity contribution in [3.63, 3.8) is 0 Å². The van der Waals surface area contributed by atoms with Gasteiger partial charge in [0.05, 0.1) is 25.6 Å². The lowest BCUT2D eigenvalue weighted by molar-refractivity contribution is -0.0668. The van der Waals surface area contributed by atoms with Crippen LogP contribution in [-0.4, -0.2) is 84.8 Å². The van der Waals surface area contributed by atoms with E-state index in [0.717, 1.165) is 16.8 Å². The first-order valence-corrected chi connectivity index (χ1v) is 16.5. The second-order valence-corrected chi connectivity index (χ2v) is 13.8. The van der Waals surface area contributed by atoms with Gasteiger partial charge in [0.15, 0.2) is 23.9 Å². The molecule has 22 heteroatoms. The second-order valence-electron chi connectivity index (χ2n) is 9.49. The van der Waals surface area contributed by atoms with E-state index in [1.54, 1.807) is 0 Å². The van der Waals surface area contributed by atoms with Gasteiger partial charge in [0.25, 0.3) is 5.56 Å². The molecule has 9 atom stereocenters. The average molecular weight is 649 g/mol. The molecule has 3 aliphatic rings. The highest BCUT2D eigenvalue weighted by Gasteiger charge is 2.52. The van der Waals surface area contributed by atoms with Crippen LogP contribution < -0.4 is 17.0 Å². The molecule has 0 spiro atoms. The van der Waals surface area contributed by atoms with Gasteiger partial charge in [-0.15, -0.1) is 0 Å². The lowest BCUT2D eigenvalue weighted by Crippen LogP contribution is -2.37. The van der Waals surface area contributed by atoms with Crippen LogP contribution in [0.4, 0.5) is 5.82 Å². The Balaban J connectivity index is 1.31. The van der Waals surface area contributed by atoms with E-state index in [-0.39, 0.29) is 18.8 Å². The van der Waals surface area contributed by atoms with Crippen molar-refractivity contribution in [3.8, 4) is 0 Å². The van der Waals surface area contributed by atoms with Gasteiger partial charge in [0, 0.05) is 25.8 Å². The molecule has 3 aliphatic heterocycles. The fourth-order valence-corrected chi connectivity index (χ4v) is 7.46. The molecular formula is C20H25N7O12P2S. The third-order valence-electron chi connectivity index (χ3n) is 6.84. The van der Waals surface area contributed by atoms with Crippen molar-refractivity contribution < 1.29 is 46.3 Å². The number of H-pyrrole nitrogens is 1. The number of fused-ring (bicyclic) bond motifs is 4. The molecule has 0 radical (unpaired) electrons. The molecule has 0 aromatic carbocycles. The summed E-state index contributed by atoms with van der Waals surface area (Å²) in [4.78, 5) is 49.0. The van der Waals surface area contributed by atoms with Crippen molar-refractivity contribution in [3.05, 3.63) is 45.8 Å². The number of anilines is 1. The Hall–Kier alpha value is -2.48. The van der Waals surface area contributed by atoms with Gasteiger partial charge < -0.3 is 24.8 Å². The number of rotatable bonds is 3. The third-order valence-corrected chi connectivity index (χ3v) is 9.47. The zero-order valence-electron chi connectivity index (χ0n) is 21.6. The molecule has 3 aromatic heterocycles. The van der Waals surface area contributed by atoms with Gasteiger partial charge >= 0.3 is 20.3 Å². The summed E-state index contributed by atoms with van der Waals surface area (Å²) in [5.41, 5.74) is 4.98. The van der Waals surface area contributed by atoms with Crippen molar-refractivity contribution in [1.82, 2.24) is 29.1 Å². The van der Waals surface area contributed by atoms with E-state index >= 15 is 0 Å². The zero-order chi connectivity index (χ0) is 29.8. The van der Waals surface area contributed by atoms with Crippen LogP contribution in [0.2, 0.25) is 0 Å². The molecule has 2 unspecified atom stereocenters. The summed E-state index contributed by atoms with van der Waals surface area (Å²) in [7, 11) is -3.49. The number of thiol groups is 1. The lowest BCUT2D eigenvalue weighted by Gasteiger charge is -2.27. The van der Waals surface area contributed by atoms with Gasteiger partial charge in [-0.05, 0) is 0 Å². The highest BCUT2D eigenvalue weighted by molar-refractivity contribution is 8.44. The maximum absolute atomic E-state index is 13.4. The molecule has 228 valence electrons. The summed E-state index contributed by atoms with van der Waals surface area (Å²) >= 11 is 4.11. The number of aromatic nitrogens is 6. The molecule has 4 N–H and O–H groups in total. The minimum Gasteiger partial charge on any atom is -0.382 e. The smallest absolute Gasteiger partial charge is 0.382 e. The summed E-state index contributed by atoms with van der Waals surface area (Å²) in [6.07, 6.45) is -4.08. The zero-order valence-corrected chi connectivity index (χ0v) is 24.2. The van der Waals surface area contributed by atoms with Crippen molar-refractivity contribution in [2.45, 2.75) is 49.4 Å². The maximum atomic E-state index is 13.4. The predicted molar refractivity (Wildman–Crippen MR) is 142 cm³/mol. The normalized spacial score (nSPS) is 37.5. The highest BCUT2D eigenvalue weighted by atomic mass is 32.7. The Morgan fingerprint density at radius 1 is 1.10 bits per heavy atom. The number of nitrogen functional groups attached to an aromatic ring is 1. The molecule has 6 rings (SSSR count). The van der Waals surface area contributed by atoms with Gasteiger partial charge in [0.2, 0.25) is 0 Å². The summed E-state index contributed by atoms with van der Waals surface area (Å²) in [5, 5.41) is 0. The van der Waals surface area contributed by atoms with Gasteiger partial charge in [0.1, 0.15) is 36.3 Å². The molecule has 2 bridgehead atoms. The van der Waals surface area contributed by atoms with Crippen LogP contribution in [-0.2, 0) is 41.4 Å². The molecule has 3 fully saturated rings. The molecule has 0 aliphatic carbocycles. The summed E-state index contributed by atoms with van der Waals surface area (Å²) in [6, 6.07) is 1.07. The van der Waals surface area contributed by atoms with Gasteiger partial charge in [-0.2, -0.15) is 0 Å². The van der Waals surface area contributed by atoms with Gasteiger partial charge in [-0.1, -0.05) is 12.2 Å². The van der Waals surface area contributed by atoms with Crippen molar-refractivity contribution >= 4 is 43.9 Å². The Labute approximate surface area is 240 Å². The van der Waals surface area contributed by atoms with Crippen LogP contribution in [0.15, 0.2) is 34.5 Å². The molecule has 19 nitrogen and oxygen atoms in total. The van der Waals surface area contributed by atoms with E-state index in [9.17, 15) is 23.6 Å². The Bertz CT molecular complexity index is 1700. The fourth-order valence-electron chi connectivity index (χ4n) is 5.02. The van der Waals surface area contributed by atoms with Gasteiger partial charge in [-0.3, -0.25) is 37.0 Å². The topological polar surface area (TPSA) is 243 Å². The number of phosphoric acid groups is 1. The number of methoxy groups -OCH3 is 1. The molecule has 3 aromatic rings. The summed E-state index contributed by atoms with van der Waals surface area (Å²) in [6.45, 7) is -5.14. The van der Waals surface area contributed by atoms with E-state index in [4.69, 9.17) is 38.0 Å². The van der Waals surface area contributed by atoms with Crippen LogP contribution in [0.3, 0.4) is 0 Å². The molecule has 3 saturated heterocycles. The van der Waals surface area contributed by atoms with Crippen molar-refractivity contribution in [1.29, 1.82) is 0 Å². The predicted octanol–water partition coefficient (Wildman–Crippen LogP) is 0.114. The SMILES string of the molecule is CO[C@@H]1[C@@H]2OP(=O)(S)OC[C@@H]3C[C@@H](OP(=O)(O)OC[C@H]2O[C@H]1n1cnc2c(N)ncnc21)[C@H](n1ccc(=O)[nH]c1=O)O3. The maximum Gasteiger partial charge on any atom is 0.472 e. The Kier molecular flexibility index (Phi) is 7.90. The Morgan fingerprint density at radius 2 is 1.90 bits per heavy atom. The first kappa shape index (κ1) is 29.6. The number of hydrogen-bond donors (Lipinski definition) is 4. The van der Waals surface area contributed by atoms with Crippen LogP contribution in [0.1, 0.15) is 18.9 Å². The lowest BCUT2D eigenvalue weighted by atomic mass is 10.1. The van der Waals surface area contributed by atoms with Crippen LogP contribution in [0.5, 0.6) is 0 Å². The minimum absolute atomic E-state index is 0.0806. The number of ether oxygens (including phenoxy) is 3. The molecule has 42 heavy (non-hydrogen) atoms. The van der Waals surface area contributed by atoms with Crippen LogP contribution in [0.25, 0.3) is 11.2 Å². The van der Waals surface area contributed by atoms with Crippen molar-refractivity contribution in [2.75, 3.05) is 26.1 Å². The van der Waals surface area contributed by atoms with Gasteiger partial charge in [-0.25, -0.2) is 28.9 Å². The number of aromatic amines is 1. The van der Waals surface area contributed by atoms with Crippen molar-refractivity contribution in [2.24, 2.45) is 0 Å². The quantitative estimate of drug-likeness (QED) is 0.217. The fraction of sp³-hybridized carbons (Fsp3) is 0.550. The highest BCUT2D eigenvalue weighted by Crippen LogP contribution is 2.58. The van der Waals surface area contributed by atoms with E-state index in [1.165, 1.54) is 24.3 Å². The standard InChI is InChI=1S/C20H25N7O12P2S/c1-33-15-14-11(37-19(15)27-8-24-13-16(21)22-7-23-17(13)27)6-34-40(30,31)38-10-4-9(5-35-41(32,42)39-14)36-18(10)26-3-2-12(28)25-20(26)29/h2-3,7-11,14-15,18-19H,4-6H2,1H3,(H,30,31)(H,32,42)(H2,21,22,23)(H,25,28,29)/t9-,10+,11+,14+,15+,18+,19+,41?/m0/s1. The molecular weight excluding hydrogens is 624 g/mol. The number of nitrogens with one attached hydrogen (secondary N) is 1. The molecule has 6 heterocycles. The number of phosphoric ester groups is 1. The Morgan fingerprint density at radius 3 is 2.67 bits per heavy atom. The third kappa shape index (κ3) is 5.72. The number of hydrogen-bond acceptors (Lipinski definition) is 15. The van der Waals surface area contributed by atoms with Crippen LogP contribution in [0, 0.1) is 0 Å². The molecule has 0 saturated carbocycles. The molecule has 0 amide bonds. The first-order valence-electron chi connectivity index (χ1n) is 12.3. The number of nitrogens with two attached hydrogens (primary N) is 1. The summed E-state index contributed by atoms with van der Waals surface area (Å²) in [5.74, 6) is 0.124. The number of nitrogens with zero attached hydrogens (tertiary/aromatic N) is 5. The summed E-state index contributed by atoms with van der Waals surface area (Å²) < 4.78 is 68.5. The second kappa shape index (κ2) is 11.2. The first-order chi connectivity index (χ1) is 19.9. The van der Waals surface area contributed by atoms with E-state index in [1.807, 2.05) is 0 Å². The van der Waals surface area contributed by atoms with Crippen LogP contribution >= 0.6 is 26.9 Å². The monoisotopic (exact) mass is 649 g/mol. The average Bonchev–Trinajstić information content (AvgIpc) is 3.61. The minimum atomic E-state index is -4.85. The van der Waals surface area contributed by atoms with E-state index in [2.05, 4.69) is 32.2 Å². The van der Waals surface area contributed by atoms with E-state index in [0.29, 0.717) is 11.2 Å². The van der Waals surface area contributed by atoms with E-state index < -0.39 is 75.5 Å². The number of imidazole rings is 1. The largest absolute Gasteiger partial charge is 0.472 e.